The Morgan fingerprint density at radius 2 is 2.20 bits per heavy atom. The molecule has 1 amide bonds. The highest BCUT2D eigenvalue weighted by atomic mass is 79.9. The zero-order valence-corrected chi connectivity index (χ0v) is 12.3. The summed E-state index contributed by atoms with van der Waals surface area (Å²) in [6.07, 6.45) is 6.76. The van der Waals surface area contributed by atoms with Crippen LogP contribution in [0.5, 0.6) is 0 Å². The first-order valence-electron chi connectivity index (χ1n) is 6.00. The molecule has 3 rings (SSSR count). The molecule has 0 atom stereocenters. The molecule has 0 aliphatic heterocycles. The molecule has 0 spiro atoms. The van der Waals surface area contributed by atoms with Crippen LogP contribution in [-0.4, -0.2) is 20.3 Å². The van der Waals surface area contributed by atoms with Gasteiger partial charge >= 0.3 is 0 Å². The van der Waals surface area contributed by atoms with Crippen LogP contribution in [-0.2, 0) is 0 Å². The lowest BCUT2D eigenvalue weighted by Crippen LogP contribution is -2.14. The molecule has 0 unspecified atom stereocenters. The van der Waals surface area contributed by atoms with Crippen molar-refractivity contribution in [1.29, 1.82) is 0 Å². The third kappa shape index (κ3) is 2.30. The van der Waals surface area contributed by atoms with E-state index in [1.807, 2.05) is 29.7 Å². The Bertz CT molecular complexity index is 797. The number of fused-ring (bicyclic) bond motifs is 1. The summed E-state index contributed by atoms with van der Waals surface area (Å²) in [5, 5.41) is 2.89. The average molecular weight is 331 g/mol. The number of aryl methyl sites for hydroxylation is 1. The largest absolute Gasteiger partial charge is 0.320 e. The normalized spacial score (nSPS) is 10.7. The average Bonchev–Trinajstić information content (AvgIpc) is 2.91. The van der Waals surface area contributed by atoms with E-state index in [-0.39, 0.29) is 5.91 Å². The lowest BCUT2D eigenvalue weighted by atomic mass is 10.2. The maximum Gasteiger partial charge on any atom is 0.257 e. The quantitative estimate of drug-likeness (QED) is 0.785. The number of carbonyl (C=O) groups is 1. The molecule has 100 valence electrons. The minimum absolute atomic E-state index is 0.193. The maximum absolute atomic E-state index is 12.2. The SMILES string of the molecule is Cc1c(NC(=O)c2cncc(Br)c2)ccc2nccn12. The van der Waals surface area contributed by atoms with Crippen LogP contribution in [0.15, 0.2) is 47.5 Å². The fourth-order valence-electron chi connectivity index (χ4n) is 1.99. The number of pyridine rings is 2. The van der Waals surface area contributed by atoms with E-state index in [1.54, 1.807) is 18.5 Å². The Kier molecular flexibility index (Phi) is 3.23. The summed E-state index contributed by atoms with van der Waals surface area (Å²) in [7, 11) is 0. The third-order valence-corrected chi connectivity index (χ3v) is 3.47. The molecule has 6 heteroatoms. The number of halogens is 1. The van der Waals surface area contributed by atoms with Crippen LogP contribution in [0.4, 0.5) is 5.69 Å². The fourth-order valence-corrected chi connectivity index (χ4v) is 2.36. The number of aromatic nitrogens is 3. The molecule has 5 nitrogen and oxygen atoms in total. The fraction of sp³-hybridized carbons (Fsp3) is 0.0714. The second-order valence-corrected chi connectivity index (χ2v) is 5.25. The van der Waals surface area contributed by atoms with Crippen molar-refractivity contribution in [3.63, 3.8) is 0 Å². The first kappa shape index (κ1) is 12.8. The molecule has 0 aromatic carbocycles. The molecular weight excluding hydrogens is 320 g/mol. The number of nitrogens with zero attached hydrogens (tertiary/aromatic N) is 3. The van der Waals surface area contributed by atoms with E-state index in [9.17, 15) is 4.79 Å². The third-order valence-electron chi connectivity index (χ3n) is 3.03. The first-order valence-corrected chi connectivity index (χ1v) is 6.79. The molecule has 0 aliphatic carbocycles. The van der Waals surface area contributed by atoms with Gasteiger partial charge in [-0.05, 0) is 41.1 Å². The second-order valence-electron chi connectivity index (χ2n) is 4.33. The van der Waals surface area contributed by atoms with Crippen molar-refractivity contribution >= 4 is 33.2 Å². The van der Waals surface area contributed by atoms with Crippen molar-refractivity contribution in [2.75, 3.05) is 5.32 Å². The number of hydrogen-bond donors (Lipinski definition) is 1. The topological polar surface area (TPSA) is 59.3 Å². The monoisotopic (exact) mass is 330 g/mol. The van der Waals surface area contributed by atoms with Crippen LogP contribution in [0.3, 0.4) is 0 Å². The van der Waals surface area contributed by atoms with Gasteiger partial charge in [0.05, 0.1) is 11.3 Å². The molecule has 1 N–H and O–H groups in total. The van der Waals surface area contributed by atoms with Crippen LogP contribution in [0.2, 0.25) is 0 Å². The summed E-state index contributed by atoms with van der Waals surface area (Å²) in [6.45, 7) is 1.93. The molecule has 20 heavy (non-hydrogen) atoms. The number of nitrogens with one attached hydrogen (secondary N) is 1. The van der Waals surface area contributed by atoms with Crippen molar-refractivity contribution in [1.82, 2.24) is 14.4 Å². The Morgan fingerprint density at radius 3 is 3.00 bits per heavy atom. The highest BCUT2D eigenvalue weighted by molar-refractivity contribution is 9.10. The molecule has 0 saturated carbocycles. The molecule has 0 saturated heterocycles. The lowest BCUT2D eigenvalue weighted by Gasteiger charge is -2.10. The Hall–Kier alpha value is -2.21. The molecule has 3 heterocycles. The predicted octanol–water partition coefficient (Wildman–Crippen LogP) is 3.05. The summed E-state index contributed by atoms with van der Waals surface area (Å²) >= 11 is 3.30. The smallest absolute Gasteiger partial charge is 0.257 e. The van der Waals surface area contributed by atoms with E-state index in [0.29, 0.717) is 5.56 Å². The minimum Gasteiger partial charge on any atom is -0.320 e. The van der Waals surface area contributed by atoms with Crippen LogP contribution in [0, 0.1) is 6.92 Å². The number of amides is 1. The van der Waals surface area contributed by atoms with E-state index in [4.69, 9.17) is 0 Å². The molecule has 0 aliphatic rings. The van der Waals surface area contributed by atoms with Crippen molar-refractivity contribution in [3.05, 3.63) is 58.7 Å². The van der Waals surface area contributed by atoms with Gasteiger partial charge in [-0.25, -0.2) is 4.98 Å². The summed E-state index contributed by atoms with van der Waals surface area (Å²) in [6, 6.07) is 5.44. The summed E-state index contributed by atoms with van der Waals surface area (Å²) in [4.78, 5) is 20.4. The van der Waals surface area contributed by atoms with E-state index in [2.05, 4.69) is 31.2 Å². The number of anilines is 1. The second kappa shape index (κ2) is 5.05. The summed E-state index contributed by atoms with van der Waals surface area (Å²) in [5.41, 5.74) is 3.03. The maximum atomic E-state index is 12.2. The zero-order chi connectivity index (χ0) is 14.1. The van der Waals surface area contributed by atoms with E-state index < -0.39 is 0 Å². The van der Waals surface area contributed by atoms with Crippen LogP contribution in [0.25, 0.3) is 5.65 Å². The van der Waals surface area contributed by atoms with Gasteiger partial charge in [-0.15, -0.1) is 0 Å². The number of hydrogen-bond acceptors (Lipinski definition) is 3. The van der Waals surface area contributed by atoms with E-state index in [0.717, 1.165) is 21.5 Å². The van der Waals surface area contributed by atoms with E-state index >= 15 is 0 Å². The number of imidazole rings is 1. The zero-order valence-electron chi connectivity index (χ0n) is 10.7. The van der Waals surface area contributed by atoms with Gasteiger partial charge in [0.25, 0.3) is 5.91 Å². The van der Waals surface area contributed by atoms with Crippen LogP contribution < -0.4 is 5.32 Å². The molecule has 3 aromatic rings. The van der Waals surface area contributed by atoms with Gasteiger partial charge in [0, 0.05) is 35.0 Å². The Morgan fingerprint density at radius 1 is 1.35 bits per heavy atom. The Balaban J connectivity index is 1.93. The van der Waals surface area contributed by atoms with Crippen LogP contribution >= 0.6 is 15.9 Å². The van der Waals surface area contributed by atoms with Crippen molar-refractivity contribution in [2.45, 2.75) is 6.92 Å². The van der Waals surface area contributed by atoms with Gasteiger partial charge in [0.2, 0.25) is 0 Å². The van der Waals surface area contributed by atoms with Gasteiger partial charge in [-0.3, -0.25) is 9.78 Å². The first-order chi connectivity index (χ1) is 9.65. The standard InChI is InChI=1S/C14H11BrN4O/c1-9-12(2-3-13-17-4-5-19(9)13)18-14(20)10-6-11(15)8-16-7-10/h2-8H,1H3,(H,18,20). The molecule has 0 radical (unpaired) electrons. The van der Waals surface area contributed by atoms with Gasteiger partial charge in [-0.2, -0.15) is 0 Å². The highest BCUT2D eigenvalue weighted by Gasteiger charge is 2.10. The van der Waals surface area contributed by atoms with Crippen molar-refractivity contribution in [3.8, 4) is 0 Å². The van der Waals surface area contributed by atoms with Gasteiger partial charge in [-0.1, -0.05) is 0 Å². The molecular formula is C14H11BrN4O. The predicted molar refractivity (Wildman–Crippen MR) is 79.8 cm³/mol. The minimum atomic E-state index is -0.193. The lowest BCUT2D eigenvalue weighted by molar-refractivity contribution is 0.102. The number of rotatable bonds is 2. The summed E-state index contributed by atoms with van der Waals surface area (Å²) in [5.74, 6) is -0.193. The summed E-state index contributed by atoms with van der Waals surface area (Å²) < 4.78 is 2.70. The van der Waals surface area contributed by atoms with Crippen molar-refractivity contribution in [2.24, 2.45) is 0 Å². The van der Waals surface area contributed by atoms with Crippen LogP contribution in [0.1, 0.15) is 16.1 Å². The molecule has 3 aromatic heterocycles. The Labute approximate surface area is 123 Å². The highest BCUT2D eigenvalue weighted by Crippen LogP contribution is 2.18. The van der Waals surface area contributed by atoms with Crippen molar-refractivity contribution < 1.29 is 4.79 Å². The van der Waals surface area contributed by atoms with Gasteiger partial charge < -0.3 is 9.72 Å². The van der Waals surface area contributed by atoms with Gasteiger partial charge in [0.15, 0.2) is 0 Å². The molecule has 0 bridgehead atoms. The number of carbonyl (C=O) groups excluding carboxylic acids is 1. The molecule has 0 fully saturated rings. The van der Waals surface area contributed by atoms with Gasteiger partial charge in [0.1, 0.15) is 5.65 Å². The van der Waals surface area contributed by atoms with E-state index in [1.165, 1.54) is 6.20 Å².